The van der Waals surface area contributed by atoms with Crippen LogP contribution >= 0.6 is 0 Å². The van der Waals surface area contributed by atoms with Gasteiger partial charge in [-0.1, -0.05) is 36.4 Å². The highest BCUT2D eigenvalue weighted by molar-refractivity contribution is 5.90. The number of non-ortho nitro benzene ring substituents is 1. The third-order valence-electron chi connectivity index (χ3n) is 3.62. The Bertz CT molecular complexity index is 779. The maximum atomic E-state index is 12.2. The molecule has 136 valence electrons. The molecule has 8 nitrogen and oxygen atoms in total. The monoisotopic (exact) mass is 357 g/mol. The predicted molar refractivity (Wildman–Crippen MR) is 95.8 cm³/mol. The fourth-order valence-electron chi connectivity index (χ4n) is 2.41. The SMILES string of the molecule is COC(=O)CC(Cc1ccccc1)NC(=O)Nc1cccc([N+](=O)[O-])c1. The number of rotatable bonds is 7. The van der Waals surface area contributed by atoms with E-state index in [4.69, 9.17) is 0 Å². The lowest BCUT2D eigenvalue weighted by molar-refractivity contribution is -0.384. The van der Waals surface area contributed by atoms with Crippen molar-refractivity contribution in [2.75, 3.05) is 12.4 Å². The van der Waals surface area contributed by atoms with Gasteiger partial charge in [-0.3, -0.25) is 14.9 Å². The van der Waals surface area contributed by atoms with E-state index in [0.717, 1.165) is 5.56 Å². The molecule has 0 saturated carbocycles. The predicted octanol–water partition coefficient (Wildman–Crippen LogP) is 2.89. The Hall–Kier alpha value is -3.42. The molecular weight excluding hydrogens is 338 g/mol. The summed E-state index contributed by atoms with van der Waals surface area (Å²) in [6, 6.07) is 14.0. The molecule has 2 aromatic rings. The van der Waals surface area contributed by atoms with Crippen molar-refractivity contribution in [3.8, 4) is 0 Å². The van der Waals surface area contributed by atoms with Crippen LogP contribution in [-0.2, 0) is 16.0 Å². The smallest absolute Gasteiger partial charge is 0.319 e. The number of methoxy groups -OCH3 is 1. The van der Waals surface area contributed by atoms with Crippen molar-refractivity contribution in [2.45, 2.75) is 18.9 Å². The number of nitrogens with one attached hydrogen (secondary N) is 2. The molecule has 2 amide bonds. The Kier molecular flexibility index (Phi) is 6.67. The van der Waals surface area contributed by atoms with Gasteiger partial charge >= 0.3 is 12.0 Å². The van der Waals surface area contributed by atoms with E-state index >= 15 is 0 Å². The standard InChI is InChI=1S/C18H19N3O5/c1-26-17(22)12-15(10-13-6-3-2-4-7-13)20-18(23)19-14-8-5-9-16(11-14)21(24)25/h2-9,11,15H,10,12H2,1H3,(H2,19,20,23). The molecule has 2 aromatic carbocycles. The van der Waals surface area contributed by atoms with E-state index in [1.165, 1.54) is 25.3 Å². The summed E-state index contributed by atoms with van der Waals surface area (Å²) >= 11 is 0. The minimum absolute atomic E-state index is 0.00769. The number of hydrogen-bond donors (Lipinski definition) is 2. The van der Waals surface area contributed by atoms with Gasteiger partial charge in [-0.05, 0) is 18.1 Å². The summed E-state index contributed by atoms with van der Waals surface area (Å²) in [6.07, 6.45) is 0.450. The second-order valence-electron chi connectivity index (χ2n) is 5.57. The molecule has 0 bridgehead atoms. The molecule has 1 unspecified atom stereocenters. The highest BCUT2D eigenvalue weighted by Crippen LogP contribution is 2.17. The van der Waals surface area contributed by atoms with Crippen molar-refractivity contribution in [2.24, 2.45) is 0 Å². The fraction of sp³-hybridized carbons (Fsp3) is 0.222. The quantitative estimate of drug-likeness (QED) is 0.450. The summed E-state index contributed by atoms with van der Waals surface area (Å²) in [7, 11) is 1.28. The van der Waals surface area contributed by atoms with E-state index in [2.05, 4.69) is 15.4 Å². The molecule has 2 rings (SSSR count). The van der Waals surface area contributed by atoms with Gasteiger partial charge in [0.15, 0.2) is 0 Å². The largest absolute Gasteiger partial charge is 0.469 e. The van der Waals surface area contributed by atoms with Crippen LogP contribution in [0.3, 0.4) is 0 Å². The van der Waals surface area contributed by atoms with Gasteiger partial charge < -0.3 is 15.4 Å². The lowest BCUT2D eigenvalue weighted by atomic mass is 10.0. The average Bonchev–Trinajstić information content (AvgIpc) is 2.62. The third-order valence-corrected chi connectivity index (χ3v) is 3.62. The number of nitro groups is 1. The molecule has 0 aliphatic heterocycles. The minimum atomic E-state index is -0.560. The number of esters is 1. The first-order valence-electron chi connectivity index (χ1n) is 7.90. The summed E-state index contributed by atoms with van der Waals surface area (Å²) in [4.78, 5) is 34.1. The van der Waals surface area contributed by atoms with E-state index in [9.17, 15) is 19.7 Å². The van der Waals surface area contributed by atoms with E-state index < -0.39 is 23.0 Å². The lowest BCUT2D eigenvalue weighted by Gasteiger charge is -2.18. The molecule has 26 heavy (non-hydrogen) atoms. The van der Waals surface area contributed by atoms with Gasteiger partial charge in [0.2, 0.25) is 0 Å². The van der Waals surface area contributed by atoms with Crippen LogP contribution in [-0.4, -0.2) is 30.1 Å². The van der Waals surface area contributed by atoms with Gasteiger partial charge in [-0.15, -0.1) is 0 Å². The van der Waals surface area contributed by atoms with Gasteiger partial charge in [0.25, 0.3) is 5.69 Å². The van der Waals surface area contributed by atoms with E-state index in [-0.39, 0.29) is 17.8 Å². The molecule has 1 atom stereocenters. The van der Waals surface area contributed by atoms with Crippen molar-refractivity contribution in [3.05, 3.63) is 70.3 Å². The Labute approximate surface area is 150 Å². The minimum Gasteiger partial charge on any atom is -0.469 e. The van der Waals surface area contributed by atoms with Crippen LogP contribution < -0.4 is 10.6 Å². The zero-order chi connectivity index (χ0) is 18.9. The van der Waals surface area contributed by atoms with Gasteiger partial charge in [-0.25, -0.2) is 4.79 Å². The van der Waals surface area contributed by atoms with Crippen molar-refractivity contribution >= 4 is 23.4 Å². The zero-order valence-corrected chi connectivity index (χ0v) is 14.2. The number of carbonyl (C=O) groups is 2. The van der Waals surface area contributed by atoms with Gasteiger partial charge in [0.1, 0.15) is 0 Å². The van der Waals surface area contributed by atoms with Gasteiger partial charge in [-0.2, -0.15) is 0 Å². The molecule has 0 radical (unpaired) electrons. The van der Waals surface area contributed by atoms with Crippen LogP contribution in [0.15, 0.2) is 54.6 Å². The number of amides is 2. The molecule has 2 N–H and O–H groups in total. The van der Waals surface area contributed by atoms with E-state index in [1.54, 1.807) is 6.07 Å². The molecule has 8 heteroatoms. The highest BCUT2D eigenvalue weighted by atomic mass is 16.6. The Morgan fingerprint density at radius 1 is 1.15 bits per heavy atom. The number of benzene rings is 2. The van der Waals surface area contributed by atoms with Crippen molar-refractivity contribution < 1.29 is 19.2 Å². The van der Waals surface area contributed by atoms with Gasteiger partial charge in [0.05, 0.1) is 18.5 Å². The maximum absolute atomic E-state index is 12.2. The molecule has 0 heterocycles. The van der Waals surface area contributed by atoms with Crippen molar-refractivity contribution in [1.82, 2.24) is 5.32 Å². The molecule has 0 fully saturated rings. The molecule has 0 saturated heterocycles. The Morgan fingerprint density at radius 3 is 2.54 bits per heavy atom. The number of hydrogen-bond acceptors (Lipinski definition) is 5. The third kappa shape index (κ3) is 5.90. The number of nitrogens with zero attached hydrogens (tertiary/aromatic N) is 1. The molecule has 0 aromatic heterocycles. The average molecular weight is 357 g/mol. The van der Waals surface area contributed by atoms with Crippen LogP contribution in [0, 0.1) is 10.1 Å². The van der Waals surface area contributed by atoms with Gasteiger partial charge in [0, 0.05) is 23.9 Å². The summed E-state index contributed by atoms with van der Waals surface area (Å²) in [6.45, 7) is 0. The number of anilines is 1. The molecular formula is C18H19N3O5. The first kappa shape index (κ1) is 18.9. The van der Waals surface area contributed by atoms with Crippen LogP contribution in [0.2, 0.25) is 0 Å². The van der Waals surface area contributed by atoms with Crippen molar-refractivity contribution in [3.63, 3.8) is 0 Å². The Balaban J connectivity index is 2.04. The first-order chi connectivity index (χ1) is 12.5. The van der Waals surface area contributed by atoms with Crippen LogP contribution in [0.5, 0.6) is 0 Å². The van der Waals surface area contributed by atoms with E-state index in [1.807, 2.05) is 30.3 Å². The summed E-state index contributed by atoms with van der Waals surface area (Å²) in [5, 5.41) is 16.0. The highest BCUT2D eigenvalue weighted by Gasteiger charge is 2.18. The van der Waals surface area contributed by atoms with Crippen LogP contribution in [0.1, 0.15) is 12.0 Å². The lowest BCUT2D eigenvalue weighted by Crippen LogP contribution is -2.40. The Morgan fingerprint density at radius 2 is 1.88 bits per heavy atom. The second kappa shape index (κ2) is 9.16. The number of carbonyl (C=O) groups excluding carboxylic acids is 2. The van der Waals surface area contributed by atoms with Crippen LogP contribution in [0.25, 0.3) is 0 Å². The van der Waals surface area contributed by atoms with E-state index in [0.29, 0.717) is 6.42 Å². The fourth-order valence-corrected chi connectivity index (χ4v) is 2.41. The summed E-state index contributed by atoms with van der Waals surface area (Å²) in [5.74, 6) is -0.443. The zero-order valence-electron chi connectivity index (χ0n) is 14.2. The molecule has 0 aliphatic rings. The molecule has 0 aliphatic carbocycles. The number of nitro benzene ring substituents is 1. The molecule has 0 spiro atoms. The topological polar surface area (TPSA) is 111 Å². The van der Waals surface area contributed by atoms with Crippen LogP contribution in [0.4, 0.5) is 16.2 Å². The summed E-state index contributed by atoms with van der Waals surface area (Å²) in [5.41, 5.74) is 1.11. The maximum Gasteiger partial charge on any atom is 0.319 e. The van der Waals surface area contributed by atoms with Crippen molar-refractivity contribution in [1.29, 1.82) is 0 Å². The number of ether oxygens (including phenoxy) is 1. The first-order valence-corrected chi connectivity index (χ1v) is 7.90. The second-order valence-corrected chi connectivity index (χ2v) is 5.57. The number of urea groups is 1. The normalized spacial score (nSPS) is 11.3. The summed E-state index contributed by atoms with van der Waals surface area (Å²) < 4.78 is 4.67.